The quantitative estimate of drug-likeness (QED) is 0.806. The zero-order valence-electron chi connectivity index (χ0n) is 10.3. The van der Waals surface area contributed by atoms with Crippen molar-refractivity contribution in [2.45, 2.75) is 19.5 Å². The van der Waals surface area contributed by atoms with E-state index >= 15 is 0 Å². The smallest absolute Gasteiger partial charge is 0.246 e. The molecule has 1 aliphatic heterocycles. The number of carbonyl (C=O) groups excluding carboxylic acids is 1. The van der Waals surface area contributed by atoms with Crippen LogP contribution < -0.4 is 10.6 Å². The Kier molecular flexibility index (Phi) is 3.20. The van der Waals surface area contributed by atoms with Crippen molar-refractivity contribution >= 4 is 11.6 Å². The minimum atomic E-state index is -0.143. The van der Waals surface area contributed by atoms with Crippen molar-refractivity contribution in [3.05, 3.63) is 35.7 Å². The summed E-state index contributed by atoms with van der Waals surface area (Å²) in [6.07, 6.45) is 2.45. The van der Waals surface area contributed by atoms with Gasteiger partial charge in [-0.1, -0.05) is 6.07 Å². The van der Waals surface area contributed by atoms with Gasteiger partial charge in [0, 0.05) is 12.2 Å². The third-order valence-electron chi connectivity index (χ3n) is 3.07. The van der Waals surface area contributed by atoms with E-state index < -0.39 is 0 Å². The molecule has 0 spiro atoms. The molecule has 3 rings (SSSR count). The van der Waals surface area contributed by atoms with Gasteiger partial charge in [0.15, 0.2) is 0 Å². The lowest BCUT2D eigenvalue weighted by Gasteiger charge is -2.18. The van der Waals surface area contributed by atoms with E-state index in [0.29, 0.717) is 0 Å². The second kappa shape index (κ2) is 5.15. The highest BCUT2D eigenvalue weighted by atomic mass is 16.2. The van der Waals surface area contributed by atoms with Crippen molar-refractivity contribution in [3.63, 3.8) is 0 Å². The standard InChI is InChI=1S/C12H14N6O/c19-12(7-18-8-14-16-17-18)15-11-2-1-9-3-4-13-6-10(9)5-11/h1-2,5,8,13H,3-4,6-7H2,(H,15,19). The summed E-state index contributed by atoms with van der Waals surface area (Å²) < 4.78 is 1.38. The Balaban J connectivity index is 1.67. The van der Waals surface area contributed by atoms with Gasteiger partial charge in [0.2, 0.25) is 5.91 Å². The molecule has 2 N–H and O–H groups in total. The molecular formula is C12H14N6O. The van der Waals surface area contributed by atoms with Crippen molar-refractivity contribution in [2.75, 3.05) is 11.9 Å². The maximum Gasteiger partial charge on any atom is 0.246 e. The SMILES string of the molecule is O=C(Cn1cnnn1)Nc1ccc2c(c1)CNCC2. The molecular weight excluding hydrogens is 244 g/mol. The first-order valence-electron chi connectivity index (χ1n) is 6.14. The molecule has 0 bridgehead atoms. The van der Waals surface area contributed by atoms with Crippen LogP contribution in [0.1, 0.15) is 11.1 Å². The minimum absolute atomic E-state index is 0.113. The summed E-state index contributed by atoms with van der Waals surface area (Å²) in [5.74, 6) is -0.143. The van der Waals surface area contributed by atoms with Crippen molar-refractivity contribution in [2.24, 2.45) is 0 Å². The van der Waals surface area contributed by atoms with E-state index in [-0.39, 0.29) is 12.5 Å². The van der Waals surface area contributed by atoms with E-state index in [9.17, 15) is 4.79 Å². The molecule has 0 unspecified atom stereocenters. The van der Waals surface area contributed by atoms with Crippen LogP contribution in [-0.2, 0) is 24.3 Å². The molecule has 1 aromatic carbocycles. The summed E-state index contributed by atoms with van der Waals surface area (Å²) in [6, 6.07) is 6.02. The second-order valence-electron chi connectivity index (χ2n) is 4.47. The molecule has 7 heteroatoms. The van der Waals surface area contributed by atoms with Gasteiger partial charge in [-0.25, -0.2) is 4.68 Å². The van der Waals surface area contributed by atoms with Gasteiger partial charge < -0.3 is 10.6 Å². The van der Waals surface area contributed by atoms with Gasteiger partial charge in [-0.2, -0.15) is 0 Å². The van der Waals surface area contributed by atoms with Crippen LogP contribution in [0.2, 0.25) is 0 Å². The predicted octanol–water partition coefficient (Wildman–Crippen LogP) is -0.0425. The highest BCUT2D eigenvalue weighted by Crippen LogP contribution is 2.18. The lowest BCUT2D eigenvalue weighted by molar-refractivity contribution is -0.116. The van der Waals surface area contributed by atoms with E-state index in [4.69, 9.17) is 0 Å². The highest BCUT2D eigenvalue weighted by molar-refractivity contribution is 5.90. The normalized spacial score (nSPS) is 13.9. The number of amides is 1. The summed E-state index contributed by atoms with van der Waals surface area (Å²) in [5, 5.41) is 16.8. The monoisotopic (exact) mass is 258 g/mol. The van der Waals surface area contributed by atoms with Crippen molar-refractivity contribution < 1.29 is 4.79 Å². The number of anilines is 1. The van der Waals surface area contributed by atoms with Crippen LogP contribution in [0, 0.1) is 0 Å². The highest BCUT2D eigenvalue weighted by Gasteiger charge is 2.10. The Bertz CT molecular complexity index is 580. The summed E-state index contributed by atoms with van der Waals surface area (Å²) in [5.41, 5.74) is 3.39. The number of hydrogen-bond donors (Lipinski definition) is 2. The lowest BCUT2D eigenvalue weighted by atomic mass is 10.0. The second-order valence-corrected chi connectivity index (χ2v) is 4.47. The van der Waals surface area contributed by atoms with Crippen LogP contribution in [0.3, 0.4) is 0 Å². The number of hydrogen-bond acceptors (Lipinski definition) is 5. The first-order chi connectivity index (χ1) is 9.31. The number of benzene rings is 1. The first kappa shape index (κ1) is 11.8. The van der Waals surface area contributed by atoms with Gasteiger partial charge >= 0.3 is 0 Å². The molecule has 1 aliphatic rings. The van der Waals surface area contributed by atoms with E-state index in [0.717, 1.165) is 25.2 Å². The minimum Gasteiger partial charge on any atom is -0.324 e. The molecule has 1 amide bonds. The van der Waals surface area contributed by atoms with Gasteiger partial charge in [-0.15, -0.1) is 5.10 Å². The van der Waals surface area contributed by atoms with E-state index in [1.807, 2.05) is 12.1 Å². The molecule has 0 fully saturated rings. The molecule has 0 radical (unpaired) electrons. The van der Waals surface area contributed by atoms with Crippen LogP contribution in [0.25, 0.3) is 0 Å². The van der Waals surface area contributed by atoms with Crippen LogP contribution >= 0.6 is 0 Å². The fraction of sp³-hybridized carbons (Fsp3) is 0.333. The molecule has 1 aromatic heterocycles. The van der Waals surface area contributed by atoms with Crippen LogP contribution in [0.4, 0.5) is 5.69 Å². The lowest BCUT2D eigenvalue weighted by Crippen LogP contribution is -2.24. The number of nitrogens with zero attached hydrogens (tertiary/aromatic N) is 4. The summed E-state index contributed by atoms with van der Waals surface area (Å²) in [7, 11) is 0. The number of fused-ring (bicyclic) bond motifs is 1. The third-order valence-corrected chi connectivity index (χ3v) is 3.07. The van der Waals surface area contributed by atoms with Gasteiger partial charge in [-0.3, -0.25) is 4.79 Å². The van der Waals surface area contributed by atoms with Gasteiger partial charge in [0.1, 0.15) is 12.9 Å². The topological polar surface area (TPSA) is 84.7 Å². The number of rotatable bonds is 3. The predicted molar refractivity (Wildman–Crippen MR) is 68.3 cm³/mol. The summed E-state index contributed by atoms with van der Waals surface area (Å²) in [6.45, 7) is 1.98. The zero-order chi connectivity index (χ0) is 13.1. The average Bonchev–Trinajstić information content (AvgIpc) is 2.91. The number of aromatic nitrogens is 4. The largest absolute Gasteiger partial charge is 0.324 e. The van der Waals surface area contributed by atoms with Crippen molar-refractivity contribution in [1.82, 2.24) is 25.5 Å². The Morgan fingerprint density at radius 1 is 1.42 bits per heavy atom. The molecule has 2 heterocycles. The Labute approximate surface area is 110 Å². The third kappa shape index (κ3) is 2.76. The van der Waals surface area contributed by atoms with Crippen molar-refractivity contribution in [3.8, 4) is 0 Å². The fourth-order valence-electron chi connectivity index (χ4n) is 2.16. The van der Waals surface area contributed by atoms with Crippen molar-refractivity contribution in [1.29, 1.82) is 0 Å². The van der Waals surface area contributed by atoms with Gasteiger partial charge in [0.25, 0.3) is 0 Å². The Morgan fingerprint density at radius 2 is 2.37 bits per heavy atom. The number of tetrazole rings is 1. The fourth-order valence-corrected chi connectivity index (χ4v) is 2.16. The van der Waals surface area contributed by atoms with E-state index in [1.54, 1.807) is 0 Å². The number of carbonyl (C=O) groups is 1. The maximum atomic E-state index is 11.8. The average molecular weight is 258 g/mol. The molecule has 0 saturated carbocycles. The van der Waals surface area contributed by atoms with E-state index in [2.05, 4.69) is 32.2 Å². The molecule has 7 nitrogen and oxygen atoms in total. The van der Waals surface area contributed by atoms with Crippen LogP contribution in [0.15, 0.2) is 24.5 Å². The molecule has 2 aromatic rings. The molecule has 0 atom stereocenters. The molecule has 0 aliphatic carbocycles. The van der Waals surface area contributed by atoms with Crippen LogP contribution in [0.5, 0.6) is 0 Å². The Morgan fingerprint density at radius 3 is 3.21 bits per heavy atom. The number of nitrogens with one attached hydrogen (secondary N) is 2. The van der Waals surface area contributed by atoms with Crippen LogP contribution in [-0.4, -0.2) is 32.7 Å². The molecule has 19 heavy (non-hydrogen) atoms. The summed E-state index contributed by atoms with van der Waals surface area (Å²) >= 11 is 0. The summed E-state index contributed by atoms with van der Waals surface area (Å²) in [4.78, 5) is 11.8. The molecule has 98 valence electrons. The first-order valence-corrected chi connectivity index (χ1v) is 6.14. The van der Waals surface area contributed by atoms with E-state index in [1.165, 1.54) is 22.1 Å². The maximum absolute atomic E-state index is 11.8. The Hall–Kier alpha value is -2.28. The van der Waals surface area contributed by atoms with Gasteiger partial charge in [-0.05, 0) is 46.7 Å². The molecule has 0 saturated heterocycles. The van der Waals surface area contributed by atoms with Gasteiger partial charge in [0.05, 0.1) is 0 Å². The zero-order valence-corrected chi connectivity index (χ0v) is 10.3.